The summed E-state index contributed by atoms with van der Waals surface area (Å²) in [6.45, 7) is 6.56. The molecular formula is C29H17ClN4O2. The number of nitrogens with zero attached hydrogens (tertiary/aromatic N) is 3. The number of hydrogen-bond donors (Lipinski definition) is 1. The van der Waals surface area contributed by atoms with Gasteiger partial charge in [-0.25, -0.2) is 9.67 Å². The van der Waals surface area contributed by atoms with Crippen molar-refractivity contribution in [3.63, 3.8) is 0 Å². The van der Waals surface area contributed by atoms with Gasteiger partial charge in [-0.1, -0.05) is 41.3 Å². The minimum atomic E-state index is -0.416. The first-order valence-corrected chi connectivity index (χ1v) is 10.4. The molecule has 3 rings (SSSR count). The van der Waals surface area contributed by atoms with Gasteiger partial charge in [-0.2, -0.15) is 0 Å². The van der Waals surface area contributed by atoms with Gasteiger partial charge < -0.3 is 10.1 Å². The highest BCUT2D eigenvalue weighted by molar-refractivity contribution is 6.32. The van der Waals surface area contributed by atoms with E-state index >= 15 is 0 Å². The summed E-state index contributed by atoms with van der Waals surface area (Å²) in [4.78, 5) is 16.2. The lowest BCUT2D eigenvalue weighted by atomic mass is 10.3. The van der Waals surface area contributed by atoms with Crippen LogP contribution in [0.5, 0.6) is 5.75 Å². The molecule has 1 amide bonds. The van der Waals surface area contributed by atoms with Gasteiger partial charge in [-0.3, -0.25) is 4.79 Å². The Hall–Kier alpha value is -5.54. The number of para-hydroxylation sites is 1. The first-order chi connectivity index (χ1) is 17.6. The second-order valence-corrected chi connectivity index (χ2v) is 6.54. The first-order valence-electron chi connectivity index (χ1n) is 10.00. The Bertz CT molecular complexity index is 1600. The summed E-state index contributed by atoms with van der Waals surface area (Å²) in [7, 11) is 1.53. The van der Waals surface area contributed by atoms with Crippen molar-refractivity contribution in [1.82, 2.24) is 14.8 Å². The van der Waals surface area contributed by atoms with Crippen LogP contribution < -0.4 is 10.1 Å². The van der Waals surface area contributed by atoms with Crippen LogP contribution in [0.3, 0.4) is 0 Å². The molecule has 0 saturated carbocycles. The predicted octanol–water partition coefficient (Wildman–Crippen LogP) is 5.69. The van der Waals surface area contributed by atoms with E-state index in [1.807, 2.05) is 30.3 Å². The Morgan fingerprint density at radius 2 is 1.50 bits per heavy atom. The van der Waals surface area contributed by atoms with E-state index in [2.05, 4.69) is 91.6 Å². The van der Waals surface area contributed by atoms with Crippen LogP contribution in [0.1, 0.15) is 10.6 Å². The van der Waals surface area contributed by atoms with Crippen LogP contribution in [0.25, 0.3) is 5.69 Å². The smallest absolute Gasteiger partial charge is 0.295 e. The van der Waals surface area contributed by atoms with Crippen LogP contribution in [0.2, 0.25) is 5.02 Å². The molecule has 0 aliphatic carbocycles. The molecule has 0 aliphatic rings. The van der Waals surface area contributed by atoms with Gasteiger partial charge in [0.15, 0.2) is 0 Å². The highest BCUT2D eigenvalue weighted by atomic mass is 35.5. The van der Waals surface area contributed by atoms with Gasteiger partial charge in [-0.15, -0.1) is 5.10 Å². The lowest BCUT2D eigenvalue weighted by Gasteiger charge is -2.06. The van der Waals surface area contributed by atoms with Gasteiger partial charge in [0.25, 0.3) is 5.91 Å². The Morgan fingerprint density at radius 3 is 2.03 bits per heavy atom. The fourth-order valence-electron chi connectivity index (χ4n) is 2.31. The van der Waals surface area contributed by atoms with Gasteiger partial charge in [-0.05, 0) is 95.1 Å². The van der Waals surface area contributed by atoms with E-state index in [1.54, 1.807) is 18.2 Å². The number of ether oxygens (including phenoxy) is 1. The SMILES string of the molecule is C=C=C=C=C=C=C=C=C=C=C=C=C.COc1ccc(NC(=O)c2ncn(-c3ccccc3)n2)cc1Cl. The number of hydrogen-bond acceptors (Lipinski definition) is 4. The molecule has 1 heterocycles. The number of methoxy groups -OCH3 is 1. The van der Waals surface area contributed by atoms with Gasteiger partial charge in [0.2, 0.25) is 5.82 Å². The molecule has 3 aromatic rings. The number of anilines is 1. The summed E-state index contributed by atoms with van der Waals surface area (Å²) in [5.74, 6) is 0.192. The number of halogens is 1. The molecule has 0 radical (unpaired) electrons. The summed E-state index contributed by atoms with van der Waals surface area (Å²) in [5, 5.41) is 7.28. The number of benzene rings is 2. The highest BCUT2D eigenvalue weighted by Crippen LogP contribution is 2.27. The van der Waals surface area contributed by atoms with Crippen molar-refractivity contribution in [3.05, 3.63) is 142 Å². The summed E-state index contributed by atoms with van der Waals surface area (Å²) in [6.07, 6.45) is 1.49. The van der Waals surface area contributed by atoms with Crippen molar-refractivity contribution < 1.29 is 9.53 Å². The first kappa shape index (κ1) is 26.7. The second kappa shape index (κ2) is 15.3. The standard InChI is InChI=1S/C16H13ClN4O2.C13H4/c1-23-14-8-7-11(9-13(14)17)19-16(22)15-18-10-21(20-15)12-5-3-2-4-6-12;1-3-5-7-9-11-13-12-10-8-6-4-2/h2-10H,1H3,(H,19,22);1-2H2. The minimum absolute atomic E-state index is 0.0702. The maximum atomic E-state index is 12.2. The summed E-state index contributed by atoms with van der Waals surface area (Å²) < 4.78 is 6.61. The molecule has 1 aromatic heterocycles. The molecular weight excluding hydrogens is 472 g/mol. The number of carbonyl (C=O) groups excluding carboxylic acids is 1. The van der Waals surface area contributed by atoms with Crippen LogP contribution in [0.4, 0.5) is 5.69 Å². The fraction of sp³-hybridized carbons (Fsp3) is 0.0345. The van der Waals surface area contributed by atoms with Crippen molar-refractivity contribution in [2.45, 2.75) is 0 Å². The molecule has 0 saturated heterocycles. The van der Waals surface area contributed by atoms with E-state index in [4.69, 9.17) is 16.3 Å². The lowest BCUT2D eigenvalue weighted by molar-refractivity contribution is 0.101. The Morgan fingerprint density at radius 1 is 0.917 bits per heavy atom. The normalized spacial score (nSPS) is 7.94. The van der Waals surface area contributed by atoms with Gasteiger partial charge in [0, 0.05) is 5.69 Å². The van der Waals surface area contributed by atoms with E-state index < -0.39 is 5.91 Å². The summed E-state index contributed by atoms with van der Waals surface area (Å²) >= 11 is 6.03. The van der Waals surface area contributed by atoms with Crippen LogP contribution in [0, 0.1) is 0 Å². The third kappa shape index (κ3) is 9.14. The van der Waals surface area contributed by atoms with Crippen molar-refractivity contribution in [2.75, 3.05) is 12.4 Å². The van der Waals surface area contributed by atoms with Crippen LogP contribution in [-0.4, -0.2) is 27.8 Å². The number of rotatable bonds is 4. The Balaban J connectivity index is 0.000000302. The zero-order chi connectivity index (χ0) is 26.0. The molecule has 0 spiro atoms. The molecule has 0 unspecified atom stereocenters. The number of amides is 1. The fourth-order valence-corrected chi connectivity index (χ4v) is 2.57. The van der Waals surface area contributed by atoms with Gasteiger partial charge in [0.05, 0.1) is 17.8 Å². The predicted molar refractivity (Wildman–Crippen MR) is 137 cm³/mol. The van der Waals surface area contributed by atoms with Crippen LogP contribution >= 0.6 is 11.6 Å². The monoisotopic (exact) mass is 488 g/mol. The quantitative estimate of drug-likeness (QED) is 0.479. The molecule has 7 heteroatoms. The molecule has 0 aliphatic heterocycles. The molecule has 172 valence electrons. The Labute approximate surface area is 213 Å². The van der Waals surface area contributed by atoms with Crippen molar-refractivity contribution in [2.24, 2.45) is 0 Å². The Kier molecular flexibility index (Phi) is 11.4. The molecule has 2 aromatic carbocycles. The van der Waals surface area contributed by atoms with E-state index in [1.165, 1.54) is 18.1 Å². The van der Waals surface area contributed by atoms with Crippen molar-refractivity contribution in [3.8, 4) is 11.4 Å². The number of nitrogens with one attached hydrogen (secondary N) is 1. The van der Waals surface area contributed by atoms with Gasteiger partial charge in [0.1, 0.15) is 12.1 Å². The molecule has 1 N–H and O–H groups in total. The average Bonchev–Trinajstić information content (AvgIpc) is 3.40. The molecule has 0 atom stereocenters. The van der Waals surface area contributed by atoms with Crippen LogP contribution in [-0.2, 0) is 0 Å². The molecule has 36 heavy (non-hydrogen) atoms. The molecule has 0 bridgehead atoms. The van der Waals surface area contributed by atoms with Crippen molar-refractivity contribution in [1.29, 1.82) is 0 Å². The minimum Gasteiger partial charge on any atom is -0.495 e. The van der Waals surface area contributed by atoms with E-state index in [0.29, 0.717) is 16.5 Å². The van der Waals surface area contributed by atoms with Crippen LogP contribution in [0.15, 0.2) is 131 Å². The van der Waals surface area contributed by atoms with Crippen molar-refractivity contribution >= 4 is 23.2 Å². The van der Waals surface area contributed by atoms with E-state index in [9.17, 15) is 4.79 Å². The molecule has 0 fully saturated rings. The third-order valence-electron chi connectivity index (χ3n) is 3.80. The lowest BCUT2D eigenvalue weighted by Crippen LogP contribution is -2.14. The number of aromatic nitrogens is 3. The van der Waals surface area contributed by atoms with Gasteiger partial charge >= 0.3 is 0 Å². The largest absolute Gasteiger partial charge is 0.495 e. The summed E-state index contributed by atoms with van der Waals surface area (Å²) in [6, 6.07) is 14.4. The number of carbonyl (C=O) groups is 1. The molecule has 6 nitrogen and oxygen atoms in total. The topological polar surface area (TPSA) is 69.0 Å². The van der Waals surface area contributed by atoms with E-state index in [0.717, 1.165) is 5.69 Å². The third-order valence-corrected chi connectivity index (χ3v) is 4.10. The zero-order valence-corrected chi connectivity index (χ0v) is 19.9. The van der Waals surface area contributed by atoms with E-state index in [-0.39, 0.29) is 5.82 Å². The average molecular weight is 489 g/mol. The highest BCUT2D eigenvalue weighted by Gasteiger charge is 2.13. The zero-order valence-electron chi connectivity index (χ0n) is 19.1. The maximum Gasteiger partial charge on any atom is 0.295 e. The summed E-state index contributed by atoms with van der Waals surface area (Å²) in [5.41, 5.74) is 28.3. The maximum absolute atomic E-state index is 12.2. The second-order valence-electron chi connectivity index (χ2n) is 6.13.